The molecule has 3 amide bonds. The average molecular weight is 372 g/mol. The number of hydrogen-bond acceptors (Lipinski definition) is 5. The van der Waals surface area contributed by atoms with Gasteiger partial charge in [-0.15, -0.1) is 0 Å². The number of nitrogens with one attached hydrogen (secondary N) is 2. The SMILES string of the molecule is C[C@H]1CCCC[C@@H]1NC(=O)NC(=O)COC(=O)C1=Cc2ccccc2OC1. The van der Waals surface area contributed by atoms with Gasteiger partial charge >= 0.3 is 12.0 Å². The van der Waals surface area contributed by atoms with E-state index in [1.54, 1.807) is 6.08 Å². The van der Waals surface area contributed by atoms with Crippen molar-refractivity contribution in [2.24, 2.45) is 5.92 Å². The molecular weight excluding hydrogens is 348 g/mol. The Labute approximate surface area is 158 Å². The van der Waals surface area contributed by atoms with Gasteiger partial charge in [-0.25, -0.2) is 9.59 Å². The first kappa shape index (κ1) is 18.9. The zero-order valence-corrected chi connectivity index (χ0v) is 15.3. The molecule has 144 valence electrons. The van der Waals surface area contributed by atoms with Gasteiger partial charge in [-0.2, -0.15) is 0 Å². The first-order valence-corrected chi connectivity index (χ1v) is 9.23. The van der Waals surface area contributed by atoms with Crippen molar-refractivity contribution in [1.82, 2.24) is 10.6 Å². The van der Waals surface area contributed by atoms with Gasteiger partial charge in [0.25, 0.3) is 5.91 Å². The molecule has 7 nitrogen and oxygen atoms in total. The number of benzene rings is 1. The summed E-state index contributed by atoms with van der Waals surface area (Å²) in [6, 6.07) is 6.84. The fourth-order valence-corrected chi connectivity index (χ4v) is 3.36. The van der Waals surface area contributed by atoms with Crippen LogP contribution in [0.5, 0.6) is 5.75 Å². The van der Waals surface area contributed by atoms with Crippen molar-refractivity contribution in [1.29, 1.82) is 0 Å². The third kappa shape index (κ3) is 5.09. The lowest BCUT2D eigenvalue weighted by molar-refractivity contribution is -0.144. The second-order valence-electron chi connectivity index (χ2n) is 6.96. The van der Waals surface area contributed by atoms with E-state index in [0.29, 0.717) is 17.2 Å². The van der Waals surface area contributed by atoms with Gasteiger partial charge in [0, 0.05) is 11.6 Å². The molecule has 0 spiro atoms. The molecule has 1 aromatic rings. The van der Waals surface area contributed by atoms with Gasteiger partial charge in [-0.05, 0) is 30.9 Å². The molecule has 27 heavy (non-hydrogen) atoms. The maximum absolute atomic E-state index is 12.1. The fourth-order valence-electron chi connectivity index (χ4n) is 3.36. The first-order valence-electron chi connectivity index (χ1n) is 9.23. The Morgan fingerprint density at radius 1 is 1.19 bits per heavy atom. The summed E-state index contributed by atoms with van der Waals surface area (Å²) in [5.74, 6) is -0.220. The summed E-state index contributed by atoms with van der Waals surface area (Å²) in [6.07, 6.45) is 5.89. The summed E-state index contributed by atoms with van der Waals surface area (Å²) < 4.78 is 10.5. The van der Waals surface area contributed by atoms with Gasteiger partial charge in [-0.1, -0.05) is 38.0 Å². The third-order valence-corrected chi connectivity index (χ3v) is 4.91. The maximum Gasteiger partial charge on any atom is 0.338 e. The van der Waals surface area contributed by atoms with Crippen LogP contribution in [0.15, 0.2) is 29.8 Å². The summed E-state index contributed by atoms with van der Waals surface area (Å²) in [5, 5.41) is 5.02. The van der Waals surface area contributed by atoms with E-state index in [1.807, 2.05) is 24.3 Å². The van der Waals surface area contributed by atoms with E-state index in [-0.39, 0.29) is 12.6 Å². The second-order valence-corrected chi connectivity index (χ2v) is 6.96. The predicted octanol–water partition coefficient (Wildman–Crippen LogP) is 2.41. The van der Waals surface area contributed by atoms with Crippen LogP contribution in [0.4, 0.5) is 4.79 Å². The van der Waals surface area contributed by atoms with Crippen molar-refractivity contribution in [2.75, 3.05) is 13.2 Å². The van der Waals surface area contributed by atoms with Crippen molar-refractivity contribution >= 4 is 24.0 Å². The normalized spacial score (nSPS) is 21.1. The highest BCUT2D eigenvalue weighted by Gasteiger charge is 2.24. The summed E-state index contributed by atoms with van der Waals surface area (Å²) in [6.45, 7) is 1.65. The van der Waals surface area contributed by atoms with E-state index in [9.17, 15) is 14.4 Å². The van der Waals surface area contributed by atoms with Gasteiger partial charge in [0.1, 0.15) is 12.4 Å². The minimum Gasteiger partial charge on any atom is -0.488 e. The molecular formula is C20H24N2O5. The van der Waals surface area contributed by atoms with E-state index < -0.39 is 24.5 Å². The van der Waals surface area contributed by atoms with Crippen LogP contribution in [0.1, 0.15) is 38.2 Å². The molecule has 0 aromatic heterocycles. The number of ether oxygens (including phenoxy) is 2. The van der Waals surface area contributed by atoms with Crippen LogP contribution in [0, 0.1) is 5.92 Å². The number of esters is 1. The molecule has 1 heterocycles. The van der Waals surface area contributed by atoms with Crippen LogP contribution >= 0.6 is 0 Å². The lowest BCUT2D eigenvalue weighted by Crippen LogP contribution is -2.48. The summed E-state index contributed by atoms with van der Waals surface area (Å²) >= 11 is 0. The van der Waals surface area contributed by atoms with Gasteiger partial charge in [-0.3, -0.25) is 10.1 Å². The van der Waals surface area contributed by atoms with Gasteiger partial charge in [0.2, 0.25) is 0 Å². The molecule has 7 heteroatoms. The van der Waals surface area contributed by atoms with E-state index >= 15 is 0 Å². The monoisotopic (exact) mass is 372 g/mol. The smallest absolute Gasteiger partial charge is 0.338 e. The number of amides is 3. The molecule has 1 aromatic carbocycles. The Kier molecular flexibility index (Phi) is 6.11. The van der Waals surface area contributed by atoms with Crippen LogP contribution in [0.2, 0.25) is 0 Å². The topological polar surface area (TPSA) is 93.7 Å². The van der Waals surface area contributed by atoms with Crippen LogP contribution in [0.3, 0.4) is 0 Å². The van der Waals surface area contributed by atoms with Crippen molar-refractivity contribution in [2.45, 2.75) is 38.6 Å². The van der Waals surface area contributed by atoms with Gasteiger partial charge in [0.05, 0.1) is 5.57 Å². The summed E-state index contributed by atoms with van der Waals surface area (Å²) in [4.78, 5) is 35.9. The third-order valence-electron chi connectivity index (χ3n) is 4.91. The second kappa shape index (κ2) is 8.70. The molecule has 3 rings (SSSR count). The highest BCUT2D eigenvalue weighted by molar-refractivity contribution is 5.98. The number of carbonyl (C=O) groups excluding carboxylic acids is 3. The van der Waals surface area contributed by atoms with Crippen molar-refractivity contribution in [3.8, 4) is 5.75 Å². The van der Waals surface area contributed by atoms with Gasteiger partial charge in [0.15, 0.2) is 6.61 Å². The minimum atomic E-state index is -0.665. The number of fused-ring (bicyclic) bond motifs is 1. The molecule has 2 aliphatic rings. The maximum atomic E-state index is 12.1. The Morgan fingerprint density at radius 2 is 1.96 bits per heavy atom. The van der Waals surface area contributed by atoms with E-state index in [4.69, 9.17) is 9.47 Å². The van der Waals surface area contributed by atoms with Crippen LogP contribution in [0.25, 0.3) is 6.08 Å². The average Bonchev–Trinajstić information content (AvgIpc) is 2.67. The highest BCUT2D eigenvalue weighted by Crippen LogP contribution is 2.26. The first-order chi connectivity index (χ1) is 13.0. The Hall–Kier alpha value is -2.83. The summed E-state index contributed by atoms with van der Waals surface area (Å²) in [7, 11) is 0. The van der Waals surface area contributed by atoms with Crippen LogP contribution in [-0.2, 0) is 14.3 Å². The van der Waals surface area contributed by atoms with E-state index in [2.05, 4.69) is 17.6 Å². The van der Waals surface area contributed by atoms with Crippen LogP contribution in [-0.4, -0.2) is 37.2 Å². The molecule has 0 bridgehead atoms. The summed E-state index contributed by atoms with van der Waals surface area (Å²) in [5.41, 5.74) is 1.10. The Morgan fingerprint density at radius 3 is 2.78 bits per heavy atom. The number of urea groups is 1. The molecule has 0 unspecified atom stereocenters. The number of rotatable bonds is 4. The Balaban J connectivity index is 1.44. The molecule has 0 saturated heterocycles. The Bertz CT molecular complexity index is 758. The minimum absolute atomic E-state index is 0.0683. The van der Waals surface area contributed by atoms with E-state index in [0.717, 1.165) is 24.8 Å². The number of para-hydroxylation sites is 1. The molecule has 2 N–H and O–H groups in total. The quantitative estimate of drug-likeness (QED) is 0.792. The van der Waals surface area contributed by atoms with Gasteiger partial charge < -0.3 is 14.8 Å². The lowest BCUT2D eigenvalue weighted by Gasteiger charge is -2.29. The van der Waals surface area contributed by atoms with Crippen molar-refractivity contribution in [3.05, 3.63) is 35.4 Å². The highest BCUT2D eigenvalue weighted by atomic mass is 16.5. The molecule has 2 atom stereocenters. The van der Waals surface area contributed by atoms with Crippen LogP contribution < -0.4 is 15.4 Å². The number of hydrogen-bond donors (Lipinski definition) is 2. The number of carbonyl (C=O) groups is 3. The largest absolute Gasteiger partial charge is 0.488 e. The molecule has 1 aliphatic carbocycles. The fraction of sp³-hybridized carbons (Fsp3) is 0.450. The zero-order valence-electron chi connectivity index (χ0n) is 15.3. The lowest BCUT2D eigenvalue weighted by atomic mass is 9.86. The molecule has 1 fully saturated rings. The van der Waals surface area contributed by atoms with Crippen molar-refractivity contribution in [3.63, 3.8) is 0 Å². The van der Waals surface area contributed by atoms with Crippen molar-refractivity contribution < 1.29 is 23.9 Å². The predicted molar refractivity (Wildman–Crippen MR) is 99.0 cm³/mol. The zero-order chi connectivity index (χ0) is 19.2. The van der Waals surface area contributed by atoms with E-state index in [1.165, 1.54) is 6.42 Å². The standard InChI is InChI=1S/C20H24N2O5/c1-13-6-2-4-8-16(13)21-20(25)22-18(23)12-27-19(24)15-10-14-7-3-5-9-17(14)26-11-15/h3,5,7,9-10,13,16H,2,4,6,8,11-12H2,1H3,(H2,21,22,23,25)/t13-,16-/m0/s1. The molecule has 1 aliphatic heterocycles. The molecule has 1 saturated carbocycles. The number of imide groups is 1. The molecule has 0 radical (unpaired) electrons.